The van der Waals surface area contributed by atoms with Gasteiger partial charge >= 0.3 is 0 Å². The first-order valence-corrected chi connectivity index (χ1v) is 8.94. The molecule has 0 aliphatic carbocycles. The Hall–Kier alpha value is -2.59. The molecular weight excluding hydrogens is 348 g/mol. The number of hydrogen-bond acceptors (Lipinski definition) is 3. The molecule has 5 heteroatoms. The van der Waals surface area contributed by atoms with Gasteiger partial charge in [0, 0.05) is 22.5 Å². The molecule has 1 aromatic heterocycles. The molecule has 132 valence electrons. The smallest absolute Gasteiger partial charge is 0.261 e. The lowest BCUT2D eigenvalue weighted by Gasteiger charge is -2.20. The summed E-state index contributed by atoms with van der Waals surface area (Å²) in [5.41, 5.74) is 5.07. The number of carbonyl (C=O) groups excluding carboxylic acids is 1. The van der Waals surface area contributed by atoms with E-state index in [-0.39, 0.29) is 12.5 Å². The van der Waals surface area contributed by atoms with Crippen molar-refractivity contribution in [2.24, 2.45) is 0 Å². The van der Waals surface area contributed by atoms with E-state index in [4.69, 9.17) is 16.3 Å². The molecule has 0 saturated heterocycles. The number of fused-ring (bicyclic) bond motifs is 2. The number of halogens is 1. The van der Waals surface area contributed by atoms with Gasteiger partial charge in [-0.05, 0) is 48.7 Å². The summed E-state index contributed by atoms with van der Waals surface area (Å²) in [5.74, 6) is 0.470. The molecule has 3 aromatic rings. The van der Waals surface area contributed by atoms with Crippen LogP contribution in [-0.2, 0) is 17.9 Å². The monoisotopic (exact) mass is 366 g/mol. The second kappa shape index (κ2) is 6.61. The van der Waals surface area contributed by atoms with Crippen LogP contribution in [0.25, 0.3) is 10.9 Å². The highest BCUT2D eigenvalue weighted by atomic mass is 35.5. The summed E-state index contributed by atoms with van der Waals surface area (Å²) < 4.78 is 5.71. The van der Waals surface area contributed by atoms with Crippen molar-refractivity contribution >= 4 is 28.4 Å². The molecule has 0 unspecified atom stereocenters. The van der Waals surface area contributed by atoms with Crippen molar-refractivity contribution in [1.82, 2.24) is 9.88 Å². The molecule has 0 saturated carbocycles. The number of amides is 1. The van der Waals surface area contributed by atoms with Gasteiger partial charge in [0.15, 0.2) is 6.61 Å². The van der Waals surface area contributed by atoms with E-state index in [1.807, 2.05) is 30.3 Å². The number of rotatable bonds is 2. The van der Waals surface area contributed by atoms with E-state index in [2.05, 4.69) is 31.0 Å². The van der Waals surface area contributed by atoms with Crippen molar-refractivity contribution in [1.29, 1.82) is 0 Å². The minimum atomic E-state index is -0.0696. The zero-order valence-corrected chi connectivity index (χ0v) is 15.5. The fraction of sp³-hybridized carbons (Fsp3) is 0.238. The molecular formula is C21H19ClN2O2. The second-order valence-electron chi connectivity index (χ2n) is 6.73. The summed E-state index contributed by atoms with van der Waals surface area (Å²) in [6.07, 6.45) is 0. The number of aromatic nitrogens is 1. The van der Waals surface area contributed by atoms with Gasteiger partial charge in [0.2, 0.25) is 5.88 Å². The summed E-state index contributed by atoms with van der Waals surface area (Å²) in [4.78, 5) is 19.0. The Balaban J connectivity index is 1.73. The third-order valence-electron chi connectivity index (χ3n) is 4.69. The van der Waals surface area contributed by atoms with Crippen molar-refractivity contribution in [3.05, 3.63) is 69.7 Å². The molecule has 1 amide bonds. The highest BCUT2D eigenvalue weighted by Crippen LogP contribution is 2.29. The van der Waals surface area contributed by atoms with Crippen LogP contribution in [0.15, 0.2) is 42.5 Å². The van der Waals surface area contributed by atoms with Crippen LogP contribution in [-0.4, -0.2) is 22.4 Å². The number of carbonyl (C=O) groups is 1. The molecule has 1 aliphatic rings. The summed E-state index contributed by atoms with van der Waals surface area (Å²) in [6, 6.07) is 13.9. The Bertz CT molecular complexity index is 1020. The Labute approximate surface area is 157 Å². The molecule has 0 bridgehead atoms. The van der Waals surface area contributed by atoms with Gasteiger partial charge < -0.3 is 9.64 Å². The summed E-state index contributed by atoms with van der Waals surface area (Å²) in [7, 11) is 0. The van der Waals surface area contributed by atoms with Crippen molar-refractivity contribution in [3.8, 4) is 5.88 Å². The summed E-state index contributed by atoms with van der Waals surface area (Å²) in [5, 5.41) is 1.75. The minimum Gasteiger partial charge on any atom is -0.467 e. The van der Waals surface area contributed by atoms with Crippen LogP contribution in [0, 0.1) is 13.8 Å². The highest BCUT2D eigenvalue weighted by molar-refractivity contribution is 6.31. The van der Waals surface area contributed by atoms with E-state index in [0.717, 1.165) is 27.6 Å². The van der Waals surface area contributed by atoms with Crippen LogP contribution in [0.4, 0.5) is 0 Å². The topological polar surface area (TPSA) is 42.4 Å². The first-order valence-electron chi connectivity index (χ1n) is 8.56. The zero-order chi connectivity index (χ0) is 18.3. The van der Waals surface area contributed by atoms with E-state index in [0.29, 0.717) is 24.0 Å². The fourth-order valence-corrected chi connectivity index (χ4v) is 3.58. The number of ether oxygens (including phenoxy) is 1. The van der Waals surface area contributed by atoms with Crippen LogP contribution in [0.2, 0.25) is 5.02 Å². The average Bonchev–Trinajstić information content (AvgIpc) is 2.75. The molecule has 0 fully saturated rings. The number of benzene rings is 2. The molecule has 0 spiro atoms. The lowest BCUT2D eigenvalue weighted by Crippen LogP contribution is -2.31. The summed E-state index contributed by atoms with van der Waals surface area (Å²) >= 11 is 6.26. The molecule has 4 rings (SSSR count). The van der Waals surface area contributed by atoms with E-state index >= 15 is 0 Å². The van der Waals surface area contributed by atoms with Gasteiger partial charge in [-0.2, -0.15) is 0 Å². The molecule has 2 heterocycles. The van der Waals surface area contributed by atoms with Gasteiger partial charge in [-0.25, -0.2) is 4.98 Å². The molecule has 0 N–H and O–H groups in total. The zero-order valence-electron chi connectivity index (χ0n) is 14.8. The second-order valence-corrected chi connectivity index (χ2v) is 7.14. The van der Waals surface area contributed by atoms with Gasteiger partial charge in [0.05, 0.1) is 12.1 Å². The van der Waals surface area contributed by atoms with Crippen LogP contribution in [0.1, 0.15) is 22.3 Å². The predicted octanol–water partition coefficient (Wildman–Crippen LogP) is 4.43. The van der Waals surface area contributed by atoms with Crippen molar-refractivity contribution in [2.45, 2.75) is 26.9 Å². The van der Waals surface area contributed by atoms with Crippen molar-refractivity contribution in [2.75, 3.05) is 6.61 Å². The largest absolute Gasteiger partial charge is 0.467 e. The molecule has 0 atom stereocenters. The maximum atomic E-state index is 12.5. The molecule has 4 nitrogen and oxygen atoms in total. The Morgan fingerprint density at radius 3 is 2.81 bits per heavy atom. The van der Waals surface area contributed by atoms with E-state index < -0.39 is 0 Å². The van der Waals surface area contributed by atoms with E-state index in [1.165, 1.54) is 5.56 Å². The first-order chi connectivity index (χ1) is 12.5. The fourth-order valence-electron chi connectivity index (χ4n) is 3.38. The van der Waals surface area contributed by atoms with Gasteiger partial charge in [-0.3, -0.25) is 4.79 Å². The summed E-state index contributed by atoms with van der Waals surface area (Å²) in [6.45, 7) is 5.02. The standard InChI is InChI=1S/C21H19ClN2O2/c1-13-7-14(2)17-9-16-11-24(10-15-5-3-4-6-18(15)22)20(25)12-26-21(16)23-19(17)8-13/h3-9H,10-12H2,1-2H3. The van der Waals surface area contributed by atoms with Crippen LogP contribution >= 0.6 is 11.6 Å². The first kappa shape index (κ1) is 16.9. The maximum absolute atomic E-state index is 12.5. The van der Waals surface area contributed by atoms with Crippen molar-refractivity contribution < 1.29 is 9.53 Å². The Morgan fingerprint density at radius 2 is 2.00 bits per heavy atom. The number of hydrogen-bond donors (Lipinski definition) is 0. The third-order valence-corrected chi connectivity index (χ3v) is 5.06. The van der Waals surface area contributed by atoms with Crippen LogP contribution in [0.3, 0.4) is 0 Å². The van der Waals surface area contributed by atoms with Crippen LogP contribution in [0.5, 0.6) is 5.88 Å². The van der Waals surface area contributed by atoms with E-state index in [1.54, 1.807) is 4.90 Å². The van der Waals surface area contributed by atoms with E-state index in [9.17, 15) is 4.79 Å². The van der Waals surface area contributed by atoms with Gasteiger partial charge in [0.25, 0.3) is 5.91 Å². The number of aryl methyl sites for hydroxylation is 2. The molecule has 1 aliphatic heterocycles. The SMILES string of the molecule is Cc1cc(C)c2cc3c(nc2c1)OCC(=O)N(Cc1ccccc1Cl)C3. The molecule has 26 heavy (non-hydrogen) atoms. The van der Waals surface area contributed by atoms with Gasteiger partial charge in [-0.1, -0.05) is 35.9 Å². The normalized spacial score (nSPS) is 14.1. The van der Waals surface area contributed by atoms with Crippen LogP contribution < -0.4 is 4.74 Å². The quantitative estimate of drug-likeness (QED) is 0.674. The minimum absolute atomic E-state index is 0.0131. The average molecular weight is 367 g/mol. The lowest BCUT2D eigenvalue weighted by atomic mass is 10.0. The lowest BCUT2D eigenvalue weighted by molar-refractivity contribution is -0.133. The van der Waals surface area contributed by atoms with Gasteiger partial charge in [0.1, 0.15) is 0 Å². The predicted molar refractivity (Wildman–Crippen MR) is 102 cm³/mol. The Morgan fingerprint density at radius 1 is 1.19 bits per heavy atom. The molecule has 0 radical (unpaired) electrons. The van der Waals surface area contributed by atoms with Gasteiger partial charge in [-0.15, -0.1) is 0 Å². The van der Waals surface area contributed by atoms with Crippen molar-refractivity contribution in [3.63, 3.8) is 0 Å². The third kappa shape index (κ3) is 3.13. The maximum Gasteiger partial charge on any atom is 0.261 e. The number of pyridine rings is 1. The highest BCUT2D eigenvalue weighted by Gasteiger charge is 2.24. The molecule has 2 aromatic carbocycles. The number of nitrogens with zero attached hydrogens (tertiary/aromatic N) is 2. The Kier molecular flexibility index (Phi) is 4.29.